The summed E-state index contributed by atoms with van der Waals surface area (Å²) >= 11 is 0. The lowest BCUT2D eigenvalue weighted by atomic mass is 10.3. The third-order valence-corrected chi connectivity index (χ3v) is 2.12. The second kappa shape index (κ2) is 5.83. The average Bonchev–Trinajstić information content (AvgIpc) is 2.52. The second-order valence-electron chi connectivity index (χ2n) is 3.68. The fourth-order valence-electron chi connectivity index (χ4n) is 1.47. The molecule has 0 aliphatic carbocycles. The van der Waals surface area contributed by atoms with Crippen LogP contribution in [0.1, 0.15) is 26.0 Å². The lowest BCUT2D eigenvalue weighted by molar-refractivity contribution is 0.172. The summed E-state index contributed by atoms with van der Waals surface area (Å²) < 4.78 is 2.09. The smallest absolute Gasteiger partial charge is 0.0690 e. The number of nitrogens with one attached hydrogen (secondary N) is 1. The van der Waals surface area contributed by atoms with Crippen molar-refractivity contribution >= 4 is 0 Å². The molecule has 14 heavy (non-hydrogen) atoms. The summed E-state index contributed by atoms with van der Waals surface area (Å²) in [6, 6.07) is 4.11. The average molecular weight is 196 g/mol. The molecule has 1 heterocycles. The number of aliphatic hydroxyl groups is 1. The largest absolute Gasteiger partial charge is 0.392 e. The minimum absolute atomic E-state index is 0.285. The Labute approximate surface area is 85.7 Å². The lowest BCUT2D eigenvalue weighted by Crippen LogP contribution is -2.19. The van der Waals surface area contributed by atoms with Gasteiger partial charge in [0.25, 0.3) is 0 Å². The van der Waals surface area contributed by atoms with E-state index in [-0.39, 0.29) is 6.10 Å². The van der Waals surface area contributed by atoms with Crippen LogP contribution in [-0.2, 0) is 13.1 Å². The van der Waals surface area contributed by atoms with Gasteiger partial charge >= 0.3 is 0 Å². The van der Waals surface area contributed by atoms with Gasteiger partial charge in [-0.1, -0.05) is 6.92 Å². The van der Waals surface area contributed by atoms with Crippen molar-refractivity contribution < 1.29 is 5.11 Å². The zero-order valence-electron chi connectivity index (χ0n) is 9.03. The monoisotopic (exact) mass is 196 g/mol. The first kappa shape index (κ1) is 11.3. The van der Waals surface area contributed by atoms with Crippen LogP contribution in [0.4, 0.5) is 0 Å². The fraction of sp³-hybridized carbons (Fsp3) is 0.636. The van der Waals surface area contributed by atoms with Crippen molar-refractivity contribution in [2.45, 2.75) is 39.5 Å². The van der Waals surface area contributed by atoms with E-state index in [9.17, 15) is 5.11 Å². The van der Waals surface area contributed by atoms with E-state index in [4.69, 9.17) is 0 Å². The molecule has 0 fully saturated rings. The Morgan fingerprint density at radius 1 is 1.57 bits per heavy atom. The van der Waals surface area contributed by atoms with E-state index in [0.717, 1.165) is 19.5 Å². The summed E-state index contributed by atoms with van der Waals surface area (Å²) in [5.74, 6) is 0. The molecule has 2 N–H and O–H groups in total. The Morgan fingerprint density at radius 3 is 3.00 bits per heavy atom. The van der Waals surface area contributed by atoms with Crippen LogP contribution < -0.4 is 5.32 Å². The van der Waals surface area contributed by atoms with Gasteiger partial charge in [-0.15, -0.1) is 0 Å². The zero-order valence-corrected chi connectivity index (χ0v) is 9.03. The number of rotatable bonds is 6. The lowest BCUT2D eigenvalue weighted by Gasteiger charge is -2.11. The summed E-state index contributed by atoms with van der Waals surface area (Å²) in [4.78, 5) is 0. The third kappa shape index (κ3) is 3.52. The SMILES string of the molecule is CCCNCc1cccn1CC(C)O. The third-order valence-electron chi connectivity index (χ3n) is 2.12. The maximum atomic E-state index is 9.28. The molecule has 0 aliphatic rings. The van der Waals surface area contributed by atoms with Crippen molar-refractivity contribution in [3.63, 3.8) is 0 Å². The molecule has 1 rings (SSSR count). The molecule has 0 spiro atoms. The maximum Gasteiger partial charge on any atom is 0.0690 e. The highest BCUT2D eigenvalue weighted by molar-refractivity contribution is 5.07. The van der Waals surface area contributed by atoms with Gasteiger partial charge in [0, 0.05) is 25.0 Å². The minimum atomic E-state index is -0.285. The highest BCUT2D eigenvalue weighted by Gasteiger charge is 2.02. The van der Waals surface area contributed by atoms with Gasteiger partial charge in [-0.05, 0) is 32.0 Å². The van der Waals surface area contributed by atoms with Gasteiger partial charge in [-0.3, -0.25) is 0 Å². The molecule has 1 atom stereocenters. The van der Waals surface area contributed by atoms with E-state index in [1.165, 1.54) is 5.69 Å². The van der Waals surface area contributed by atoms with Crippen LogP contribution in [0.15, 0.2) is 18.3 Å². The van der Waals surface area contributed by atoms with Gasteiger partial charge in [-0.25, -0.2) is 0 Å². The van der Waals surface area contributed by atoms with E-state index < -0.39 is 0 Å². The van der Waals surface area contributed by atoms with Crippen molar-refractivity contribution in [3.8, 4) is 0 Å². The normalized spacial score (nSPS) is 13.1. The minimum Gasteiger partial charge on any atom is -0.392 e. The molecule has 0 saturated carbocycles. The molecule has 0 saturated heterocycles. The predicted molar refractivity (Wildman–Crippen MR) is 58.1 cm³/mol. The molecule has 1 aromatic heterocycles. The van der Waals surface area contributed by atoms with Crippen molar-refractivity contribution in [2.75, 3.05) is 6.54 Å². The Balaban J connectivity index is 2.45. The predicted octanol–water partition coefficient (Wildman–Crippen LogP) is 1.37. The van der Waals surface area contributed by atoms with Gasteiger partial charge in [0.1, 0.15) is 0 Å². The molecule has 0 aromatic carbocycles. The number of nitrogens with zero attached hydrogens (tertiary/aromatic N) is 1. The number of hydrogen-bond donors (Lipinski definition) is 2. The van der Waals surface area contributed by atoms with Gasteiger partial charge in [-0.2, -0.15) is 0 Å². The summed E-state index contributed by atoms with van der Waals surface area (Å²) in [6.45, 7) is 6.56. The van der Waals surface area contributed by atoms with Crippen molar-refractivity contribution in [2.24, 2.45) is 0 Å². The van der Waals surface area contributed by atoms with Gasteiger partial charge in [0.15, 0.2) is 0 Å². The molecular formula is C11H20N2O. The Morgan fingerprint density at radius 2 is 2.36 bits per heavy atom. The van der Waals surface area contributed by atoms with E-state index in [0.29, 0.717) is 6.54 Å². The molecule has 0 radical (unpaired) electrons. The summed E-state index contributed by atoms with van der Waals surface area (Å²) in [5, 5.41) is 12.6. The van der Waals surface area contributed by atoms with Crippen molar-refractivity contribution in [1.82, 2.24) is 9.88 Å². The molecule has 1 unspecified atom stereocenters. The van der Waals surface area contributed by atoms with Crippen LogP contribution in [0, 0.1) is 0 Å². The standard InChI is InChI=1S/C11H20N2O/c1-3-6-12-8-11-5-4-7-13(11)9-10(2)14/h4-5,7,10,12,14H,3,6,8-9H2,1-2H3. The van der Waals surface area contributed by atoms with Gasteiger partial charge < -0.3 is 15.0 Å². The highest BCUT2D eigenvalue weighted by Crippen LogP contribution is 2.03. The molecular weight excluding hydrogens is 176 g/mol. The number of hydrogen-bond acceptors (Lipinski definition) is 2. The Bertz CT molecular complexity index is 256. The molecule has 3 nitrogen and oxygen atoms in total. The van der Waals surface area contributed by atoms with Crippen LogP contribution >= 0.6 is 0 Å². The van der Waals surface area contributed by atoms with E-state index >= 15 is 0 Å². The first-order valence-corrected chi connectivity index (χ1v) is 5.26. The fourth-order valence-corrected chi connectivity index (χ4v) is 1.47. The van der Waals surface area contributed by atoms with Crippen LogP contribution in [0.5, 0.6) is 0 Å². The Kier molecular flexibility index (Phi) is 4.70. The van der Waals surface area contributed by atoms with Crippen LogP contribution in [0.3, 0.4) is 0 Å². The topological polar surface area (TPSA) is 37.2 Å². The molecule has 0 aliphatic heterocycles. The number of aromatic nitrogens is 1. The summed E-state index contributed by atoms with van der Waals surface area (Å²) in [5.41, 5.74) is 1.24. The number of aliphatic hydroxyl groups excluding tert-OH is 1. The first-order valence-electron chi connectivity index (χ1n) is 5.26. The van der Waals surface area contributed by atoms with Gasteiger partial charge in [0.2, 0.25) is 0 Å². The molecule has 1 aromatic rings. The molecule has 80 valence electrons. The zero-order chi connectivity index (χ0) is 10.4. The molecule has 0 amide bonds. The van der Waals surface area contributed by atoms with Crippen LogP contribution in [0.2, 0.25) is 0 Å². The second-order valence-corrected chi connectivity index (χ2v) is 3.68. The molecule has 3 heteroatoms. The Hall–Kier alpha value is -0.800. The highest BCUT2D eigenvalue weighted by atomic mass is 16.3. The summed E-state index contributed by atoms with van der Waals surface area (Å²) in [6.07, 6.45) is 2.87. The van der Waals surface area contributed by atoms with Crippen molar-refractivity contribution in [3.05, 3.63) is 24.0 Å². The first-order chi connectivity index (χ1) is 6.74. The maximum absolute atomic E-state index is 9.28. The van der Waals surface area contributed by atoms with Crippen molar-refractivity contribution in [1.29, 1.82) is 0 Å². The quantitative estimate of drug-likeness (QED) is 0.674. The van der Waals surface area contributed by atoms with Gasteiger partial charge in [0.05, 0.1) is 6.10 Å². The summed E-state index contributed by atoms with van der Waals surface area (Å²) in [7, 11) is 0. The van der Waals surface area contributed by atoms with E-state index in [2.05, 4.69) is 22.9 Å². The van der Waals surface area contributed by atoms with Crippen LogP contribution in [-0.4, -0.2) is 22.3 Å². The molecule has 0 bridgehead atoms. The van der Waals surface area contributed by atoms with Crippen LogP contribution in [0.25, 0.3) is 0 Å². The van der Waals surface area contributed by atoms with E-state index in [1.54, 1.807) is 0 Å². The van der Waals surface area contributed by atoms with E-state index in [1.807, 2.05) is 19.2 Å².